The van der Waals surface area contributed by atoms with Gasteiger partial charge in [0.1, 0.15) is 0 Å². The summed E-state index contributed by atoms with van der Waals surface area (Å²) >= 11 is 0. The van der Waals surface area contributed by atoms with E-state index in [-0.39, 0.29) is 0 Å². The van der Waals surface area contributed by atoms with E-state index in [1.54, 1.807) is 0 Å². The Bertz CT molecular complexity index is 445. The monoisotopic (exact) mass is 315 g/mol. The molecule has 0 aliphatic rings. The maximum atomic E-state index is 3.88. The van der Waals surface area contributed by atoms with Crippen LogP contribution >= 0.6 is 0 Å². The number of hydrogen-bond acceptors (Lipinski definition) is 1. The van der Waals surface area contributed by atoms with Crippen molar-refractivity contribution in [2.45, 2.75) is 41.0 Å². The molecule has 0 aliphatic carbocycles. The summed E-state index contributed by atoms with van der Waals surface area (Å²) in [6.07, 6.45) is 16.3. The molecule has 0 heterocycles. The maximum absolute atomic E-state index is 3.88. The van der Waals surface area contributed by atoms with Crippen LogP contribution in [0.4, 0.5) is 0 Å². The molecule has 1 unspecified atom stereocenters. The third kappa shape index (κ3) is 9.40. The second-order valence-electron chi connectivity index (χ2n) is 7.04. The van der Waals surface area contributed by atoms with Crippen LogP contribution in [0, 0.1) is 17.8 Å². The Morgan fingerprint density at radius 2 is 1.74 bits per heavy atom. The van der Waals surface area contributed by atoms with E-state index in [4.69, 9.17) is 0 Å². The molecule has 0 bridgehead atoms. The second kappa shape index (κ2) is 12.1. The first-order valence-corrected chi connectivity index (χ1v) is 8.79. The molecule has 1 nitrogen and oxygen atoms in total. The Hall–Kier alpha value is -1.34. The fraction of sp³-hybridized carbons (Fsp3) is 0.545. The van der Waals surface area contributed by atoms with Gasteiger partial charge in [-0.2, -0.15) is 0 Å². The Balaban J connectivity index is 5.49. The van der Waals surface area contributed by atoms with Crippen molar-refractivity contribution in [2.75, 3.05) is 20.6 Å². The number of nitrogens with zero attached hydrogens (tertiary/aromatic N) is 1. The minimum Gasteiger partial charge on any atom is -0.306 e. The van der Waals surface area contributed by atoms with Crippen molar-refractivity contribution < 1.29 is 0 Å². The predicted octanol–water partition coefficient (Wildman–Crippen LogP) is 6.04. The lowest BCUT2D eigenvalue weighted by atomic mass is 9.80. The van der Waals surface area contributed by atoms with Gasteiger partial charge in [0.2, 0.25) is 0 Å². The highest BCUT2D eigenvalue weighted by Gasteiger charge is 2.19. The molecule has 0 spiro atoms. The fourth-order valence-electron chi connectivity index (χ4n) is 2.55. The summed E-state index contributed by atoms with van der Waals surface area (Å²) in [6, 6.07) is 0. The molecule has 0 aromatic rings. The summed E-state index contributed by atoms with van der Waals surface area (Å²) in [5.41, 5.74) is 2.89. The predicted molar refractivity (Wildman–Crippen MR) is 107 cm³/mol. The molecule has 0 radical (unpaired) electrons. The van der Waals surface area contributed by atoms with Crippen molar-refractivity contribution in [3.63, 3.8) is 0 Å². The zero-order valence-electron chi connectivity index (χ0n) is 16.3. The van der Waals surface area contributed by atoms with Gasteiger partial charge < -0.3 is 4.90 Å². The summed E-state index contributed by atoms with van der Waals surface area (Å²) in [6.45, 7) is 16.1. The van der Waals surface area contributed by atoms with Gasteiger partial charge >= 0.3 is 0 Å². The minimum atomic E-state index is 0.526. The van der Waals surface area contributed by atoms with Crippen LogP contribution in [0.1, 0.15) is 41.0 Å². The molecule has 0 aromatic heterocycles. The zero-order chi connectivity index (χ0) is 17.8. The van der Waals surface area contributed by atoms with E-state index in [2.05, 4.69) is 96.6 Å². The van der Waals surface area contributed by atoms with Crippen molar-refractivity contribution in [1.29, 1.82) is 0 Å². The van der Waals surface area contributed by atoms with E-state index in [9.17, 15) is 0 Å². The molecule has 23 heavy (non-hydrogen) atoms. The Kier molecular flexibility index (Phi) is 11.4. The molecule has 0 fully saturated rings. The van der Waals surface area contributed by atoms with Crippen molar-refractivity contribution in [1.82, 2.24) is 4.90 Å². The highest BCUT2D eigenvalue weighted by molar-refractivity contribution is 5.29. The Morgan fingerprint density at radius 1 is 1.09 bits per heavy atom. The fourth-order valence-corrected chi connectivity index (χ4v) is 2.55. The van der Waals surface area contributed by atoms with Crippen molar-refractivity contribution in [3.8, 4) is 0 Å². The highest BCUT2D eigenvalue weighted by atomic mass is 15.0. The zero-order valence-corrected chi connectivity index (χ0v) is 16.3. The second-order valence-corrected chi connectivity index (χ2v) is 7.04. The van der Waals surface area contributed by atoms with Gasteiger partial charge in [0.25, 0.3) is 0 Å². The van der Waals surface area contributed by atoms with Crippen LogP contribution in [0.25, 0.3) is 0 Å². The Labute approximate surface area is 145 Å². The molecule has 0 rings (SSSR count). The summed E-state index contributed by atoms with van der Waals surface area (Å²) in [7, 11) is 4.20. The van der Waals surface area contributed by atoms with Gasteiger partial charge in [0.15, 0.2) is 0 Å². The number of rotatable bonds is 10. The maximum Gasteiger partial charge on any atom is 0.0160 e. The summed E-state index contributed by atoms with van der Waals surface area (Å²) < 4.78 is 0. The molecule has 0 aliphatic heterocycles. The van der Waals surface area contributed by atoms with Crippen LogP contribution in [0.2, 0.25) is 0 Å². The van der Waals surface area contributed by atoms with Crippen molar-refractivity contribution in [3.05, 3.63) is 60.3 Å². The smallest absolute Gasteiger partial charge is 0.0160 e. The van der Waals surface area contributed by atoms with Gasteiger partial charge in [-0.3, -0.25) is 0 Å². The number of likely N-dealkylation sites (N-methyl/N-ethyl adjacent to an activating group) is 1. The molecule has 0 N–H and O–H groups in total. The topological polar surface area (TPSA) is 3.24 Å². The van der Waals surface area contributed by atoms with Crippen molar-refractivity contribution >= 4 is 0 Å². The van der Waals surface area contributed by atoms with E-state index in [1.165, 1.54) is 11.1 Å². The van der Waals surface area contributed by atoms with Gasteiger partial charge in [0, 0.05) is 6.54 Å². The van der Waals surface area contributed by atoms with Crippen LogP contribution in [-0.4, -0.2) is 25.5 Å². The van der Waals surface area contributed by atoms with E-state index in [1.807, 2.05) is 6.08 Å². The van der Waals surface area contributed by atoms with Crippen LogP contribution in [0.15, 0.2) is 60.3 Å². The average molecular weight is 316 g/mol. The van der Waals surface area contributed by atoms with Gasteiger partial charge in [-0.1, -0.05) is 82.4 Å². The molecule has 1 atom stereocenters. The van der Waals surface area contributed by atoms with Crippen LogP contribution in [-0.2, 0) is 0 Å². The third-order valence-electron chi connectivity index (χ3n) is 4.02. The number of hydrogen-bond donors (Lipinski definition) is 0. The Morgan fingerprint density at radius 3 is 2.17 bits per heavy atom. The molecule has 1 heteroatoms. The lowest BCUT2D eigenvalue weighted by Gasteiger charge is -2.25. The average Bonchev–Trinajstić information content (AvgIpc) is 2.46. The number of allylic oxidation sites excluding steroid dienone is 8. The molecular weight excluding hydrogens is 278 g/mol. The molecule has 0 saturated heterocycles. The lowest BCUT2D eigenvalue weighted by Crippen LogP contribution is -2.15. The van der Waals surface area contributed by atoms with Gasteiger partial charge in [-0.05, 0) is 50.8 Å². The molecule has 0 saturated carbocycles. The van der Waals surface area contributed by atoms with Gasteiger partial charge in [0.05, 0.1) is 0 Å². The van der Waals surface area contributed by atoms with Gasteiger partial charge in [-0.25, -0.2) is 0 Å². The SMILES string of the molecule is C=C/C=C(/CC(C(/C=C\CN(C)C)=C/C=C\C)C(C)C)C(C)C. The van der Waals surface area contributed by atoms with E-state index >= 15 is 0 Å². The molecule has 130 valence electrons. The quantitative estimate of drug-likeness (QED) is 0.444. The van der Waals surface area contributed by atoms with E-state index in [0.29, 0.717) is 17.8 Å². The van der Waals surface area contributed by atoms with E-state index in [0.717, 1.165) is 13.0 Å². The van der Waals surface area contributed by atoms with Gasteiger partial charge in [-0.15, -0.1) is 0 Å². The molecule has 0 aromatic carbocycles. The third-order valence-corrected chi connectivity index (χ3v) is 4.02. The molecular formula is C22H37N. The first-order valence-electron chi connectivity index (χ1n) is 8.79. The highest BCUT2D eigenvalue weighted by Crippen LogP contribution is 2.31. The van der Waals surface area contributed by atoms with E-state index < -0.39 is 0 Å². The summed E-state index contributed by atoms with van der Waals surface area (Å²) in [5.74, 6) is 1.68. The first-order chi connectivity index (χ1) is 10.8. The van der Waals surface area contributed by atoms with Crippen LogP contribution in [0.3, 0.4) is 0 Å². The van der Waals surface area contributed by atoms with Crippen LogP contribution in [0.5, 0.6) is 0 Å². The molecule has 0 amide bonds. The largest absolute Gasteiger partial charge is 0.306 e. The first kappa shape index (κ1) is 21.7. The van der Waals surface area contributed by atoms with Crippen molar-refractivity contribution in [2.24, 2.45) is 17.8 Å². The standard InChI is InChI=1S/C22H37N/c1-9-11-14-20(15-12-16-23(7)8)22(19(5)6)17-21(13-10-2)18(3)4/h9-15,18-19,22H,2,16-17H2,1,3-8H3/b11-9-,15-12-,20-14+,21-13-. The minimum absolute atomic E-state index is 0.526. The summed E-state index contributed by atoms with van der Waals surface area (Å²) in [4.78, 5) is 2.19. The lowest BCUT2D eigenvalue weighted by molar-refractivity contribution is 0.431. The van der Waals surface area contributed by atoms with Crippen LogP contribution < -0.4 is 0 Å². The summed E-state index contributed by atoms with van der Waals surface area (Å²) in [5, 5.41) is 0. The normalized spacial score (nSPS) is 15.6.